The molecule has 1 nitrogen and oxygen atoms in total. The van der Waals surface area contributed by atoms with Crippen LogP contribution < -0.4 is 0 Å². The zero-order chi connectivity index (χ0) is 14.8. The zero-order valence-electron chi connectivity index (χ0n) is 8.93. The maximum absolute atomic E-state index is 12.7. The molecule has 0 fully saturated rings. The minimum Gasteiger partial charge on any atom is -0.251 e. The molecule has 0 rings (SSSR count). The molecule has 0 radical (unpaired) electrons. The first kappa shape index (κ1) is 17.5. The number of halogens is 9. The van der Waals surface area contributed by atoms with Crippen molar-refractivity contribution in [2.45, 2.75) is 43.9 Å². The number of hydrogen-bond donors (Lipinski definition) is 0. The standard InChI is InChI=1S/C7H9F9OSi/c1-2-3-5(8,9)4-6(10,11)17-7(12,13)18(14,15)16/h2-4H2,1H3. The third-order valence-corrected chi connectivity index (χ3v) is 2.45. The lowest BCUT2D eigenvalue weighted by Gasteiger charge is -2.26. The number of alkyl halides is 6. The maximum Gasteiger partial charge on any atom is 0.722 e. The number of hydrogen-bond acceptors (Lipinski definition) is 1. The fourth-order valence-electron chi connectivity index (χ4n) is 1.04. The van der Waals surface area contributed by atoms with Crippen LogP contribution in [0, 0.1) is 0 Å². The molecule has 0 bridgehead atoms. The van der Waals surface area contributed by atoms with E-state index < -0.39 is 39.7 Å². The Kier molecular flexibility index (Phi) is 5.14. The van der Waals surface area contributed by atoms with Gasteiger partial charge in [0.15, 0.2) is 0 Å². The lowest BCUT2D eigenvalue weighted by atomic mass is 10.1. The Hall–Kier alpha value is -0.453. The van der Waals surface area contributed by atoms with Crippen LogP contribution in [0.15, 0.2) is 0 Å². The van der Waals surface area contributed by atoms with E-state index in [1.54, 1.807) is 0 Å². The Balaban J connectivity index is 4.76. The van der Waals surface area contributed by atoms with Crippen LogP contribution in [0.25, 0.3) is 0 Å². The predicted molar refractivity (Wildman–Crippen MR) is 44.5 cm³/mol. The predicted octanol–water partition coefficient (Wildman–Crippen LogP) is 4.40. The first-order chi connectivity index (χ1) is 7.72. The Morgan fingerprint density at radius 1 is 0.944 bits per heavy atom. The average Bonchev–Trinajstić information content (AvgIpc) is 1.94. The molecule has 0 aromatic heterocycles. The summed E-state index contributed by atoms with van der Waals surface area (Å²) in [6.45, 7) is 1.21. The summed E-state index contributed by atoms with van der Waals surface area (Å²) in [6, 6.07) is 0. The SMILES string of the molecule is CCCC(F)(F)CC(F)(F)OC(F)(F)[Si](F)(F)F. The van der Waals surface area contributed by atoms with E-state index in [9.17, 15) is 38.7 Å². The lowest BCUT2D eigenvalue weighted by molar-refractivity contribution is -0.366. The van der Waals surface area contributed by atoms with Crippen molar-refractivity contribution in [2.24, 2.45) is 0 Å². The summed E-state index contributed by atoms with van der Waals surface area (Å²) in [5.74, 6) is -4.08. The van der Waals surface area contributed by atoms with E-state index in [0.717, 1.165) is 0 Å². The smallest absolute Gasteiger partial charge is 0.251 e. The van der Waals surface area contributed by atoms with Crippen LogP contribution in [0.4, 0.5) is 38.7 Å². The minimum absolute atomic E-state index is 0.243. The lowest BCUT2D eigenvalue weighted by Crippen LogP contribution is -2.49. The summed E-state index contributed by atoms with van der Waals surface area (Å²) in [7, 11) is -7.87. The normalized spacial score (nSPS) is 15.0. The van der Waals surface area contributed by atoms with Crippen molar-refractivity contribution in [3.8, 4) is 0 Å². The van der Waals surface area contributed by atoms with E-state index in [4.69, 9.17) is 0 Å². The second kappa shape index (κ2) is 5.27. The third kappa shape index (κ3) is 5.46. The largest absolute Gasteiger partial charge is 0.722 e. The molecule has 11 heteroatoms. The van der Waals surface area contributed by atoms with Gasteiger partial charge in [-0.3, -0.25) is 4.74 Å². The molecule has 0 amide bonds. The van der Waals surface area contributed by atoms with Gasteiger partial charge in [-0.25, -0.2) is 21.1 Å². The zero-order valence-corrected chi connectivity index (χ0v) is 9.93. The molecular formula is C7H9F9OSi. The highest BCUT2D eigenvalue weighted by atomic mass is 28.5. The fraction of sp³-hybridized carbons (Fsp3) is 1.00. The van der Waals surface area contributed by atoms with Crippen LogP contribution in [-0.4, -0.2) is 26.8 Å². The number of rotatable bonds is 7. The van der Waals surface area contributed by atoms with E-state index in [1.165, 1.54) is 6.92 Å². The van der Waals surface area contributed by atoms with E-state index in [1.807, 2.05) is 0 Å². The molecule has 0 saturated carbocycles. The molecular weight excluding hydrogens is 299 g/mol. The molecule has 0 N–H and O–H groups in total. The Morgan fingerprint density at radius 2 is 1.39 bits per heavy atom. The molecule has 0 aliphatic rings. The van der Waals surface area contributed by atoms with Crippen molar-refractivity contribution in [1.29, 1.82) is 0 Å². The van der Waals surface area contributed by atoms with Gasteiger partial charge < -0.3 is 0 Å². The summed E-state index contributed by atoms with van der Waals surface area (Å²) in [5, 5.41) is 0. The van der Waals surface area contributed by atoms with Gasteiger partial charge in [0.05, 0.1) is 0 Å². The molecule has 0 aliphatic carbocycles. The van der Waals surface area contributed by atoms with Crippen molar-refractivity contribution in [2.75, 3.05) is 0 Å². The second-order valence-electron chi connectivity index (χ2n) is 3.54. The van der Waals surface area contributed by atoms with Gasteiger partial charge in [0, 0.05) is 6.42 Å². The average molecular weight is 308 g/mol. The second-order valence-corrected chi connectivity index (χ2v) is 5.11. The van der Waals surface area contributed by atoms with Gasteiger partial charge in [0.25, 0.3) is 5.92 Å². The third-order valence-electron chi connectivity index (χ3n) is 1.69. The molecule has 18 heavy (non-hydrogen) atoms. The highest BCUT2D eigenvalue weighted by molar-refractivity contribution is 6.60. The van der Waals surface area contributed by atoms with Crippen LogP contribution in [0.1, 0.15) is 26.2 Å². The monoisotopic (exact) mass is 308 g/mol. The van der Waals surface area contributed by atoms with Gasteiger partial charge in [0.1, 0.15) is 6.42 Å². The van der Waals surface area contributed by atoms with Crippen LogP contribution in [0.3, 0.4) is 0 Å². The van der Waals surface area contributed by atoms with Crippen molar-refractivity contribution >= 4 is 9.08 Å². The molecule has 0 aromatic rings. The summed E-state index contributed by atoms with van der Waals surface area (Å²) < 4.78 is 112. The van der Waals surface area contributed by atoms with E-state index in [2.05, 4.69) is 4.74 Å². The van der Waals surface area contributed by atoms with Crippen molar-refractivity contribution in [1.82, 2.24) is 0 Å². The van der Waals surface area contributed by atoms with Crippen molar-refractivity contribution in [3.05, 3.63) is 0 Å². The van der Waals surface area contributed by atoms with Gasteiger partial charge >= 0.3 is 20.9 Å². The summed E-state index contributed by atoms with van der Waals surface area (Å²) >= 11 is 0. The van der Waals surface area contributed by atoms with E-state index in [0.29, 0.717) is 0 Å². The topological polar surface area (TPSA) is 9.23 Å². The molecule has 0 atom stereocenters. The van der Waals surface area contributed by atoms with Gasteiger partial charge in [-0.2, -0.15) is 17.6 Å². The summed E-state index contributed by atoms with van der Waals surface area (Å²) in [6.07, 6.45) is -9.09. The quantitative estimate of drug-likeness (QED) is 0.385. The fourth-order valence-corrected chi connectivity index (χ4v) is 1.30. The first-order valence-electron chi connectivity index (χ1n) is 4.63. The van der Waals surface area contributed by atoms with Crippen LogP contribution in [0.5, 0.6) is 0 Å². The molecule has 0 aliphatic heterocycles. The Labute approximate surface area is 97.4 Å². The highest BCUT2D eigenvalue weighted by Crippen LogP contribution is 2.41. The maximum atomic E-state index is 12.7. The molecule has 0 heterocycles. The van der Waals surface area contributed by atoms with Gasteiger partial charge in [-0.15, -0.1) is 0 Å². The number of ether oxygens (including phenoxy) is 1. The molecule has 110 valence electrons. The van der Waals surface area contributed by atoms with Gasteiger partial charge in [-0.05, 0) is 0 Å². The van der Waals surface area contributed by atoms with Crippen LogP contribution in [-0.2, 0) is 4.74 Å². The summed E-state index contributed by atoms with van der Waals surface area (Å²) in [4.78, 5) is 0. The van der Waals surface area contributed by atoms with Gasteiger partial charge in [0.2, 0.25) is 0 Å². The van der Waals surface area contributed by atoms with E-state index >= 15 is 0 Å². The van der Waals surface area contributed by atoms with Crippen LogP contribution >= 0.6 is 0 Å². The molecule has 0 spiro atoms. The van der Waals surface area contributed by atoms with Gasteiger partial charge in [-0.1, -0.05) is 13.3 Å². The molecule has 0 saturated heterocycles. The van der Waals surface area contributed by atoms with Crippen molar-refractivity contribution < 1.29 is 43.4 Å². The molecule has 0 aromatic carbocycles. The van der Waals surface area contributed by atoms with E-state index in [-0.39, 0.29) is 6.42 Å². The Morgan fingerprint density at radius 3 is 1.72 bits per heavy atom. The summed E-state index contributed by atoms with van der Waals surface area (Å²) in [5.41, 5.74) is -6.06. The first-order valence-corrected chi connectivity index (χ1v) is 6.26. The molecule has 0 unspecified atom stereocenters. The minimum atomic E-state index is -7.87. The Bertz CT molecular complexity index is 275. The highest BCUT2D eigenvalue weighted by Gasteiger charge is 2.70. The van der Waals surface area contributed by atoms with Crippen LogP contribution in [0.2, 0.25) is 0 Å². The van der Waals surface area contributed by atoms with Crippen molar-refractivity contribution in [3.63, 3.8) is 0 Å².